The van der Waals surface area contributed by atoms with Gasteiger partial charge in [0.2, 0.25) is 5.89 Å². The van der Waals surface area contributed by atoms with Crippen molar-refractivity contribution in [3.63, 3.8) is 0 Å². The highest BCUT2D eigenvalue weighted by atomic mass is 79.9. The summed E-state index contributed by atoms with van der Waals surface area (Å²) < 4.78 is 19.5. The average Bonchev–Trinajstić information content (AvgIpc) is 2.82. The fraction of sp³-hybridized carbons (Fsp3) is 0.0833. The number of anilines is 1. The minimum atomic E-state index is -0.393. The summed E-state index contributed by atoms with van der Waals surface area (Å²) in [5.41, 5.74) is 0.922. The Morgan fingerprint density at radius 3 is 2.83 bits per heavy atom. The van der Waals surface area contributed by atoms with Crippen LogP contribution in [0.1, 0.15) is 11.5 Å². The van der Waals surface area contributed by atoms with Crippen LogP contribution in [-0.2, 0) is 0 Å². The molecule has 4 nitrogen and oxygen atoms in total. The molecule has 18 heavy (non-hydrogen) atoms. The summed E-state index contributed by atoms with van der Waals surface area (Å²) in [6, 6.07) is 2.98. The second-order valence-electron chi connectivity index (χ2n) is 3.61. The van der Waals surface area contributed by atoms with Gasteiger partial charge in [-0.3, -0.25) is 0 Å². The van der Waals surface area contributed by atoms with Crippen LogP contribution in [0.25, 0.3) is 12.2 Å². The molecule has 1 heterocycles. The third kappa shape index (κ3) is 2.60. The first-order valence-electron chi connectivity index (χ1n) is 5.13. The summed E-state index contributed by atoms with van der Waals surface area (Å²) in [4.78, 5) is 3.95. The zero-order valence-electron chi connectivity index (χ0n) is 9.60. The summed E-state index contributed by atoms with van der Waals surface area (Å²) in [6.07, 6.45) is 6.34. The topological polar surface area (TPSA) is 55.3 Å². The Labute approximate surface area is 112 Å². The van der Waals surface area contributed by atoms with E-state index in [0.717, 1.165) is 4.47 Å². The van der Waals surface area contributed by atoms with Crippen molar-refractivity contribution >= 4 is 33.8 Å². The van der Waals surface area contributed by atoms with Gasteiger partial charge in [-0.25, -0.2) is 15.2 Å². The minimum absolute atomic E-state index is 0.298. The van der Waals surface area contributed by atoms with Crippen LogP contribution in [0.2, 0.25) is 0 Å². The monoisotopic (exact) mass is 311 g/mol. The number of nitrogens with zero attached hydrogens (tertiary/aromatic N) is 2. The van der Waals surface area contributed by atoms with Crippen LogP contribution in [0, 0.1) is 5.82 Å². The summed E-state index contributed by atoms with van der Waals surface area (Å²) in [7, 11) is 1.58. The Bertz CT molecular complexity index is 567. The van der Waals surface area contributed by atoms with Crippen molar-refractivity contribution in [3.05, 3.63) is 46.3 Å². The summed E-state index contributed by atoms with van der Waals surface area (Å²) in [6.45, 7) is 0. The molecule has 6 heteroatoms. The lowest BCUT2D eigenvalue weighted by molar-refractivity contribution is 0.547. The first-order valence-corrected chi connectivity index (χ1v) is 5.93. The van der Waals surface area contributed by atoms with Crippen LogP contribution in [0.3, 0.4) is 0 Å². The van der Waals surface area contributed by atoms with Crippen molar-refractivity contribution in [2.45, 2.75) is 0 Å². The third-order valence-electron chi connectivity index (χ3n) is 2.31. The number of hydrazine groups is 1. The molecule has 2 aromatic rings. The molecule has 2 rings (SSSR count). The zero-order valence-corrected chi connectivity index (χ0v) is 11.2. The number of oxazole rings is 1. The molecular weight excluding hydrogens is 301 g/mol. The Hall–Kier alpha value is -1.66. The molecule has 0 fully saturated rings. The van der Waals surface area contributed by atoms with Gasteiger partial charge in [0.1, 0.15) is 12.1 Å². The number of aromatic nitrogens is 1. The van der Waals surface area contributed by atoms with E-state index in [2.05, 4.69) is 20.9 Å². The van der Waals surface area contributed by atoms with Crippen LogP contribution >= 0.6 is 15.9 Å². The lowest BCUT2D eigenvalue weighted by Gasteiger charge is -2.17. The molecular formula is C12H11BrFN3O. The Morgan fingerprint density at radius 2 is 2.22 bits per heavy atom. The maximum atomic E-state index is 13.7. The van der Waals surface area contributed by atoms with E-state index in [1.165, 1.54) is 23.5 Å². The van der Waals surface area contributed by atoms with Crippen molar-refractivity contribution in [3.8, 4) is 0 Å². The second-order valence-corrected chi connectivity index (χ2v) is 4.46. The fourth-order valence-electron chi connectivity index (χ4n) is 1.55. The first kappa shape index (κ1) is 12.8. The van der Waals surface area contributed by atoms with Gasteiger partial charge >= 0.3 is 0 Å². The Morgan fingerprint density at radius 1 is 1.44 bits per heavy atom. The van der Waals surface area contributed by atoms with Crippen LogP contribution < -0.4 is 10.9 Å². The fourth-order valence-corrected chi connectivity index (χ4v) is 2.00. The Balaban J connectivity index is 2.46. The van der Waals surface area contributed by atoms with Gasteiger partial charge in [0.15, 0.2) is 0 Å². The van der Waals surface area contributed by atoms with Crippen molar-refractivity contribution < 1.29 is 8.81 Å². The van der Waals surface area contributed by atoms with Crippen LogP contribution in [0.15, 0.2) is 33.5 Å². The molecule has 0 atom stereocenters. The van der Waals surface area contributed by atoms with E-state index in [0.29, 0.717) is 17.1 Å². The minimum Gasteiger partial charge on any atom is -0.445 e. The molecule has 0 aliphatic carbocycles. The molecule has 0 bridgehead atoms. The number of hydrogen-bond acceptors (Lipinski definition) is 4. The normalized spacial score (nSPS) is 11.1. The molecule has 94 valence electrons. The van der Waals surface area contributed by atoms with Crippen LogP contribution in [-0.4, -0.2) is 12.0 Å². The number of rotatable bonds is 3. The van der Waals surface area contributed by atoms with Gasteiger partial charge in [-0.1, -0.05) is 15.9 Å². The number of hydrogen-bond donors (Lipinski definition) is 1. The van der Waals surface area contributed by atoms with E-state index in [-0.39, 0.29) is 0 Å². The van der Waals surface area contributed by atoms with Gasteiger partial charge in [-0.2, -0.15) is 0 Å². The lowest BCUT2D eigenvalue weighted by atomic mass is 10.1. The second kappa shape index (κ2) is 5.32. The summed E-state index contributed by atoms with van der Waals surface area (Å²) >= 11 is 3.36. The quantitative estimate of drug-likeness (QED) is 0.699. The molecule has 0 spiro atoms. The zero-order chi connectivity index (χ0) is 13.1. The summed E-state index contributed by atoms with van der Waals surface area (Å²) in [5.74, 6) is 5.68. The highest BCUT2D eigenvalue weighted by Gasteiger charge is 2.12. The van der Waals surface area contributed by atoms with Gasteiger partial charge in [0.05, 0.1) is 11.9 Å². The SMILES string of the molecule is CN(N)c1c(F)ccc(Br)c1/C=C/c1ncco1. The molecule has 0 unspecified atom stereocenters. The van der Waals surface area contributed by atoms with Gasteiger partial charge in [0, 0.05) is 23.2 Å². The predicted octanol–water partition coefficient (Wildman–Crippen LogP) is 3.06. The van der Waals surface area contributed by atoms with Crippen molar-refractivity contribution in [1.29, 1.82) is 0 Å². The average molecular weight is 312 g/mol. The van der Waals surface area contributed by atoms with E-state index in [1.54, 1.807) is 25.3 Å². The van der Waals surface area contributed by atoms with Crippen LogP contribution in [0.4, 0.5) is 10.1 Å². The first-order chi connectivity index (χ1) is 8.59. The highest BCUT2D eigenvalue weighted by Crippen LogP contribution is 2.30. The molecule has 2 N–H and O–H groups in total. The van der Waals surface area contributed by atoms with Gasteiger partial charge in [0.25, 0.3) is 0 Å². The smallest absolute Gasteiger partial charge is 0.218 e. The Kier molecular flexibility index (Phi) is 3.78. The van der Waals surface area contributed by atoms with Crippen molar-refractivity contribution in [2.24, 2.45) is 5.84 Å². The molecule has 0 amide bonds. The molecule has 0 radical (unpaired) electrons. The summed E-state index contributed by atoms with van der Waals surface area (Å²) in [5, 5.41) is 1.23. The van der Waals surface area contributed by atoms with Gasteiger partial charge in [-0.05, 0) is 18.2 Å². The van der Waals surface area contributed by atoms with Gasteiger partial charge < -0.3 is 9.43 Å². The number of benzene rings is 1. The largest absolute Gasteiger partial charge is 0.445 e. The maximum absolute atomic E-state index is 13.7. The highest BCUT2D eigenvalue weighted by molar-refractivity contribution is 9.10. The number of halogens is 2. The molecule has 0 saturated carbocycles. The van der Waals surface area contributed by atoms with E-state index >= 15 is 0 Å². The van der Waals surface area contributed by atoms with E-state index < -0.39 is 5.82 Å². The van der Waals surface area contributed by atoms with Crippen molar-refractivity contribution in [2.75, 3.05) is 12.1 Å². The molecule has 0 aliphatic rings. The van der Waals surface area contributed by atoms with E-state index in [4.69, 9.17) is 10.3 Å². The predicted molar refractivity (Wildman–Crippen MR) is 72.1 cm³/mol. The molecule has 0 saturated heterocycles. The van der Waals surface area contributed by atoms with Gasteiger partial charge in [-0.15, -0.1) is 0 Å². The number of nitrogens with two attached hydrogens (primary N) is 1. The van der Waals surface area contributed by atoms with Crippen LogP contribution in [0.5, 0.6) is 0 Å². The van der Waals surface area contributed by atoms with Crippen molar-refractivity contribution in [1.82, 2.24) is 4.98 Å². The van der Waals surface area contributed by atoms with E-state index in [9.17, 15) is 4.39 Å². The molecule has 1 aromatic heterocycles. The molecule has 1 aromatic carbocycles. The third-order valence-corrected chi connectivity index (χ3v) is 3.00. The molecule has 0 aliphatic heterocycles. The lowest BCUT2D eigenvalue weighted by Crippen LogP contribution is -2.27. The van der Waals surface area contributed by atoms with E-state index in [1.807, 2.05) is 0 Å². The standard InChI is InChI=1S/C12H11BrFN3O/c1-17(15)12-8(9(13)3-4-10(12)14)2-5-11-16-6-7-18-11/h2-7H,15H2,1H3/b5-2+. The maximum Gasteiger partial charge on any atom is 0.218 e.